The zero-order valence-corrected chi connectivity index (χ0v) is 29.0. The fraction of sp³-hybridized carbons (Fsp3) is 0. The summed E-state index contributed by atoms with van der Waals surface area (Å²) >= 11 is 0. The van der Waals surface area contributed by atoms with Crippen molar-refractivity contribution < 1.29 is 11.0 Å². The summed E-state index contributed by atoms with van der Waals surface area (Å²) in [6.07, 6.45) is 0. The molecule has 0 aliphatic carbocycles. The molecule has 250 valence electrons. The van der Waals surface area contributed by atoms with Crippen molar-refractivity contribution in [3.8, 4) is 44.5 Å². The molecule has 0 saturated carbocycles. The topological polar surface area (TPSA) is 0 Å². The highest BCUT2D eigenvalue weighted by Crippen LogP contribution is 2.45. The fourth-order valence-electron chi connectivity index (χ4n) is 8.34. The van der Waals surface area contributed by atoms with Gasteiger partial charge < -0.3 is 0 Å². The second-order valence-corrected chi connectivity index (χ2v) is 13.8. The Hall–Kier alpha value is -7.02. The molecule has 11 rings (SSSR count). The van der Waals surface area contributed by atoms with Crippen LogP contribution in [0, 0.1) is 0 Å². The number of hydrogen-bond donors (Lipinski definition) is 0. The van der Waals surface area contributed by atoms with Gasteiger partial charge >= 0.3 is 0 Å². The van der Waals surface area contributed by atoms with Crippen LogP contribution in [0.3, 0.4) is 0 Å². The first-order valence-electron chi connectivity index (χ1n) is 22.1. The van der Waals surface area contributed by atoms with E-state index in [1.54, 1.807) is 0 Å². The van der Waals surface area contributed by atoms with Gasteiger partial charge in [0.25, 0.3) is 0 Å². The van der Waals surface area contributed by atoms with Gasteiger partial charge in [0, 0.05) is 0 Å². The van der Waals surface area contributed by atoms with Crippen LogP contribution in [0.4, 0.5) is 0 Å². The molecule has 0 aromatic heterocycles. The van der Waals surface area contributed by atoms with E-state index < -0.39 is 24.2 Å². The smallest absolute Gasteiger partial charge is 0.0616 e. The molecule has 0 fully saturated rings. The van der Waals surface area contributed by atoms with E-state index in [9.17, 15) is 5.48 Å². The SMILES string of the molecule is [2H]c1c([2H])c([2H])c2c(-c3cccc(-c4ccc5ccccc5c4)c3)c3c([2H])c([2H])c([2H])c([2H])c3c(-c3ccc(-c4ccc5c6ccccc6c6ccccc6c5c4)cc3)c2c1[2H]. The lowest BCUT2D eigenvalue weighted by molar-refractivity contribution is 1.62. The van der Waals surface area contributed by atoms with Gasteiger partial charge in [0.2, 0.25) is 0 Å². The highest BCUT2D eigenvalue weighted by molar-refractivity contribution is 6.26. The second-order valence-electron chi connectivity index (χ2n) is 13.8. The van der Waals surface area contributed by atoms with E-state index in [2.05, 4.69) is 84.9 Å². The first-order valence-corrected chi connectivity index (χ1v) is 18.1. The number of rotatable bonds is 4. The lowest BCUT2D eigenvalue weighted by Gasteiger charge is -2.18. The van der Waals surface area contributed by atoms with Crippen molar-refractivity contribution in [3.05, 3.63) is 206 Å². The van der Waals surface area contributed by atoms with Crippen molar-refractivity contribution in [2.24, 2.45) is 0 Å². The predicted molar refractivity (Wildman–Crippen MR) is 233 cm³/mol. The molecule has 0 spiro atoms. The van der Waals surface area contributed by atoms with Gasteiger partial charge in [0.15, 0.2) is 0 Å². The van der Waals surface area contributed by atoms with Crippen molar-refractivity contribution >= 4 is 64.6 Å². The molecule has 0 atom stereocenters. The maximum atomic E-state index is 9.42. The molecule has 0 nitrogen and oxygen atoms in total. The summed E-state index contributed by atoms with van der Waals surface area (Å²) < 4.78 is 73.1. The Morgan fingerprint density at radius 3 is 1.30 bits per heavy atom. The molecule has 11 aromatic rings. The van der Waals surface area contributed by atoms with E-state index in [0.29, 0.717) is 22.3 Å². The van der Waals surface area contributed by atoms with Gasteiger partial charge in [-0.3, -0.25) is 0 Å². The van der Waals surface area contributed by atoms with Gasteiger partial charge in [-0.15, -0.1) is 0 Å². The number of hydrogen-bond acceptors (Lipinski definition) is 0. The molecule has 0 aliphatic heterocycles. The molecule has 0 amide bonds. The van der Waals surface area contributed by atoms with Crippen LogP contribution in [0.15, 0.2) is 206 Å². The largest absolute Gasteiger partial charge is 0.0629 e. The Bertz CT molecular complexity index is 3610. The minimum atomic E-state index is -0.424. The molecule has 11 aromatic carbocycles. The van der Waals surface area contributed by atoms with Crippen LogP contribution >= 0.6 is 0 Å². The summed E-state index contributed by atoms with van der Waals surface area (Å²) in [5, 5.41) is 9.93. The first-order chi connectivity index (χ1) is 30.1. The molecule has 54 heavy (non-hydrogen) atoms. The van der Waals surface area contributed by atoms with Crippen molar-refractivity contribution in [3.63, 3.8) is 0 Å². The highest BCUT2D eigenvalue weighted by atomic mass is 14.2. The Morgan fingerprint density at radius 1 is 0.241 bits per heavy atom. The molecule has 0 unspecified atom stereocenters. The van der Waals surface area contributed by atoms with E-state index in [1.807, 2.05) is 72.8 Å². The van der Waals surface area contributed by atoms with Crippen LogP contribution in [0.2, 0.25) is 0 Å². The lowest BCUT2D eigenvalue weighted by atomic mass is 9.85. The molecular weight excluding hydrogens is 649 g/mol. The lowest BCUT2D eigenvalue weighted by Crippen LogP contribution is -1.91. The second kappa shape index (κ2) is 12.3. The maximum Gasteiger partial charge on any atom is 0.0629 e. The van der Waals surface area contributed by atoms with Crippen LogP contribution in [0.1, 0.15) is 11.0 Å². The summed E-state index contributed by atoms with van der Waals surface area (Å²) in [6, 6.07) is 50.1. The van der Waals surface area contributed by atoms with Crippen molar-refractivity contribution in [1.29, 1.82) is 0 Å². The zero-order chi connectivity index (χ0) is 42.6. The highest BCUT2D eigenvalue weighted by Gasteiger charge is 2.17. The van der Waals surface area contributed by atoms with Crippen molar-refractivity contribution in [1.82, 2.24) is 0 Å². The summed E-state index contributed by atoms with van der Waals surface area (Å²) in [5.74, 6) is 0. The minimum absolute atomic E-state index is 0.191. The third kappa shape index (κ3) is 4.85. The van der Waals surface area contributed by atoms with Gasteiger partial charge in [0.05, 0.1) is 11.0 Å². The predicted octanol–water partition coefficient (Wildman–Crippen LogP) is 15.3. The monoisotopic (exact) mass is 690 g/mol. The Kier molecular flexibility index (Phi) is 5.36. The van der Waals surface area contributed by atoms with Gasteiger partial charge in [-0.1, -0.05) is 188 Å². The van der Waals surface area contributed by atoms with E-state index in [0.717, 1.165) is 49.2 Å². The van der Waals surface area contributed by atoms with Gasteiger partial charge in [-0.2, -0.15) is 0 Å². The van der Waals surface area contributed by atoms with E-state index >= 15 is 0 Å². The minimum Gasteiger partial charge on any atom is -0.0616 e. The Balaban J connectivity index is 1.17. The van der Waals surface area contributed by atoms with Crippen LogP contribution in [0.5, 0.6) is 0 Å². The average Bonchev–Trinajstić information content (AvgIpc) is 3.32. The molecule has 0 saturated heterocycles. The maximum absolute atomic E-state index is 9.42. The Morgan fingerprint density at radius 2 is 0.667 bits per heavy atom. The van der Waals surface area contributed by atoms with Crippen molar-refractivity contribution in [2.45, 2.75) is 0 Å². The molecule has 0 heterocycles. The van der Waals surface area contributed by atoms with Crippen LogP contribution in [-0.4, -0.2) is 0 Å². The summed E-state index contributed by atoms with van der Waals surface area (Å²) in [5.41, 5.74) is 5.49. The zero-order valence-electron chi connectivity index (χ0n) is 37.0. The molecule has 0 bridgehead atoms. The van der Waals surface area contributed by atoms with Gasteiger partial charge in [-0.25, -0.2) is 0 Å². The first kappa shape index (κ1) is 23.5. The van der Waals surface area contributed by atoms with Crippen LogP contribution < -0.4 is 0 Å². The molecule has 0 aliphatic rings. The average molecular weight is 691 g/mol. The van der Waals surface area contributed by atoms with E-state index in [1.165, 1.54) is 16.2 Å². The van der Waals surface area contributed by atoms with E-state index in [4.69, 9.17) is 5.48 Å². The number of fused-ring (bicyclic) bond motifs is 9. The molecular formula is C54H34. The molecule has 0 radical (unpaired) electrons. The third-order valence-corrected chi connectivity index (χ3v) is 10.9. The molecule has 0 heteroatoms. The van der Waals surface area contributed by atoms with Crippen molar-refractivity contribution in [2.75, 3.05) is 0 Å². The van der Waals surface area contributed by atoms with Gasteiger partial charge in [-0.05, 0) is 127 Å². The quantitative estimate of drug-likeness (QED) is 0.127. The summed E-state index contributed by atoms with van der Waals surface area (Å²) in [4.78, 5) is 0. The summed E-state index contributed by atoms with van der Waals surface area (Å²) in [6.45, 7) is 0. The van der Waals surface area contributed by atoms with E-state index in [-0.39, 0.29) is 45.7 Å². The standard InChI is InChI=1S/C54H34/c1-2-13-38-32-40(29-26-35(38)12-1)39-14-11-15-42(33-39)54-50-22-9-7-20-48(50)53(49-21-8-10-23-51(49)54)37-27-24-36(25-28-37)41-30-31-47-45-18-4-3-16-43(45)44-17-5-6-19-46(44)52(47)34-41/h1-34H/i7D,8D,9D,10D,20D,21D,22D,23D. The fourth-order valence-corrected chi connectivity index (χ4v) is 8.34. The van der Waals surface area contributed by atoms with Crippen LogP contribution in [-0.2, 0) is 0 Å². The number of benzene rings is 11. The third-order valence-electron chi connectivity index (χ3n) is 10.9. The van der Waals surface area contributed by atoms with Crippen LogP contribution in [0.25, 0.3) is 109 Å². The summed E-state index contributed by atoms with van der Waals surface area (Å²) in [7, 11) is 0. The van der Waals surface area contributed by atoms with Gasteiger partial charge in [0.1, 0.15) is 0 Å². The Labute approximate surface area is 325 Å². The molecule has 0 N–H and O–H groups in total. The normalized spacial score (nSPS) is 13.8.